The average molecular weight is 801 g/mol. The van der Waals surface area contributed by atoms with Gasteiger partial charge >= 0.3 is 0 Å². The zero-order valence-electron chi connectivity index (χ0n) is 36.7. The summed E-state index contributed by atoms with van der Waals surface area (Å²) in [5, 5.41) is 5.10. The van der Waals surface area contributed by atoms with Crippen LogP contribution >= 0.6 is 0 Å². The van der Waals surface area contributed by atoms with Gasteiger partial charge in [-0.1, -0.05) is 137 Å². The molecule has 0 atom stereocenters. The van der Waals surface area contributed by atoms with Gasteiger partial charge in [0.15, 0.2) is 0 Å². The molecule has 12 rings (SSSR count). The SMILES string of the molecule is Cc1ccccc1N(c1ccccc1C)c1c2cc3c(cc2c(N2C4=C(CCC=C4)CCc4ccccc42)c2cc4c(cc12)-c1ccccc1C4(C)C)C(C)(C)c1ccccc1-3. The molecule has 8 aromatic carbocycles. The molecule has 2 nitrogen and oxygen atoms in total. The van der Waals surface area contributed by atoms with Crippen molar-refractivity contribution in [3.05, 3.63) is 208 Å². The lowest BCUT2D eigenvalue weighted by Crippen LogP contribution is -2.21. The van der Waals surface area contributed by atoms with Gasteiger partial charge in [-0.3, -0.25) is 0 Å². The number of hydrogen-bond acceptors (Lipinski definition) is 2. The fourth-order valence-electron chi connectivity index (χ4n) is 11.8. The van der Waals surface area contributed by atoms with E-state index in [9.17, 15) is 0 Å². The van der Waals surface area contributed by atoms with E-state index in [1.54, 1.807) is 5.57 Å². The lowest BCUT2D eigenvalue weighted by molar-refractivity contribution is 0.661. The van der Waals surface area contributed by atoms with E-state index in [4.69, 9.17) is 0 Å². The highest BCUT2D eigenvalue weighted by Crippen LogP contribution is 2.59. The summed E-state index contributed by atoms with van der Waals surface area (Å²) >= 11 is 0. The molecule has 0 spiro atoms. The summed E-state index contributed by atoms with van der Waals surface area (Å²) in [5.41, 5.74) is 23.5. The number of benzene rings is 8. The third kappa shape index (κ3) is 5.16. The number of nitrogens with zero attached hydrogens (tertiary/aromatic N) is 2. The zero-order chi connectivity index (χ0) is 42.1. The summed E-state index contributed by atoms with van der Waals surface area (Å²) in [5.74, 6) is 0. The van der Waals surface area contributed by atoms with Gasteiger partial charge in [-0.15, -0.1) is 0 Å². The minimum atomic E-state index is -0.175. The van der Waals surface area contributed by atoms with Gasteiger partial charge in [0.25, 0.3) is 0 Å². The Hall–Kier alpha value is -6.64. The molecule has 2 heteroatoms. The van der Waals surface area contributed by atoms with Crippen molar-refractivity contribution in [1.29, 1.82) is 0 Å². The Kier molecular flexibility index (Phi) is 8.05. The minimum Gasteiger partial charge on any atom is -0.309 e. The van der Waals surface area contributed by atoms with Gasteiger partial charge in [-0.05, 0) is 155 Å². The quantitative estimate of drug-likeness (QED) is 0.164. The number of anilines is 5. The third-order valence-electron chi connectivity index (χ3n) is 15.0. The molecule has 0 radical (unpaired) electrons. The number of rotatable bonds is 4. The molecule has 1 aliphatic heterocycles. The number of allylic oxidation sites excluding steroid dienone is 3. The number of hydrogen-bond donors (Lipinski definition) is 0. The first-order chi connectivity index (χ1) is 30.1. The summed E-state index contributed by atoms with van der Waals surface area (Å²) in [6.07, 6.45) is 9.15. The second-order valence-corrected chi connectivity index (χ2v) is 19.2. The molecule has 62 heavy (non-hydrogen) atoms. The number of aryl methyl sites for hydroxylation is 3. The first kappa shape index (κ1) is 37.1. The molecule has 0 unspecified atom stereocenters. The number of fused-ring (bicyclic) bond motifs is 9. The standard InChI is InChI=1S/C60H52N2/c1-37-19-7-15-27-53(37)61(54-28-16-8-20-38(54)2)57-45-33-43-41-23-11-13-25-49(41)59(3,4)51(43)35-47(45)58(62-55-29-17-9-21-39(55)31-32-40-22-10-18-30-56(40)62)48-36-52-44(34-46(48)57)42-24-12-14-26-50(42)60(52,5)6/h7-9,11-21,23-30,33-36H,10,22,31-32H2,1-6H3. The Morgan fingerprint density at radius 2 is 1.00 bits per heavy atom. The van der Waals surface area contributed by atoms with E-state index in [0.717, 1.165) is 25.7 Å². The predicted octanol–water partition coefficient (Wildman–Crippen LogP) is 16.4. The predicted molar refractivity (Wildman–Crippen MR) is 263 cm³/mol. The maximum absolute atomic E-state index is 2.70. The lowest BCUT2D eigenvalue weighted by Gasteiger charge is -2.36. The van der Waals surface area contributed by atoms with Gasteiger partial charge in [0.1, 0.15) is 0 Å². The van der Waals surface area contributed by atoms with Crippen LogP contribution in [0.25, 0.3) is 43.8 Å². The van der Waals surface area contributed by atoms with Crippen LogP contribution in [-0.2, 0) is 17.3 Å². The Morgan fingerprint density at radius 1 is 0.484 bits per heavy atom. The Bertz CT molecular complexity index is 3110. The maximum atomic E-state index is 2.70. The Labute approximate surface area is 366 Å². The van der Waals surface area contributed by atoms with Gasteiger partial charge in [-0.25, -0.2) is 0 Å². The summed E-state index contributed by atoms with van der Waals surface area (Å²) in [6.45, 7) is 14.2. The van der Waals surface area contributed by atoms with Crippen LogP contribution in [0.4, 0.5) is 28.4 Å². The van der Waals surface area contributed by atoms with E-state index in [1.807, 2.05) is 0 Å². The van der Waals surface area contributed by atoms with Crippen LogP contribution in [0.15, 0.2) is 169 Å². The van der Waals surface area contributed by atoms with Crippen molar-refractivity contribution in [2.24, 2.45) is 0 Å². The molecule has 0 N–H and O–H groups in total. The molecule has 0 amide bonds. The van der Waals surface area contributed by atoms with Crippen molar-refractivity contribution >= 4 is 50.0 Å². The first-order valence-corrected chi connectivity index (χ1v) is 22.6. The second kappa shape index (κ2) is 13.4. The minimum absolute atomic E-state index is 0.175. The van der Waals surface area contributed by atoms with Crippen molar-refractivity contribution in [3.63, 3.8) is 0 Å². The average Bonchev–Trinajstić information content (AvgIpc) is 3.56. The molecule has 3 aliphatic carbocycles. The first-order valence-electron chi connectivity index (χ1n) is 22.6. The van der Waals surface area contributed by atoms with Crippen LogP contribution in [0.5, 0.6) is 0 Å². The van der Waals surface area contributed by atoms with Crippen LogP contribution in [0.3, 0.4) is 0 Å². The van der Waals surface area contributed by atoms with Crippen molar-refractivity contribution in [3.8, 4) is 22.3 Å². The third-order valence-corrected chi connectivity index (χ3v) is 15.0. The Balaban J connectivity index is 1.34. The van der Waals surface area contributed by atoms with Crippen molar-refractivity contribution in [2.75, 3.05) is 9.80 Å². The molecule has 8 aromatic rings. The monoisotopic (exact) mass is 800 g/mol. The second-order valence-electron chi connectivity index (χ2n) is 19.2. The molecule has 1 heterocycles. The highest BCUT2D eigenvalue weighted by atomic mass is 15.2. The highest BCUT2D eigenvalue weighted by Gasteiger charge is 2.40. The Morgan fingerprint density at radius 3 is 1.58 bits per heavy atom. The summed E-state index contributed by atoms with van der Waals surface area (Å²) in [4.78, 5) is 5.31. The van der Waals surface area contributed by atoms with E-state index in [2.05, 4.69) is 209 Å². The topological polar surface area (TPSA) is 6.48 Å². The largest absolute Gasteiger partial charge is 0.309 e. The molecule has 0 saturated heterocycles. The van der Waals surface area contributed by atoms with Crippen molar-refractivity contribution in [2.45, 2.75) is 78.1 Å². The molecular formula is C60H52N2. The number of para-hydroxylation sites is 3. The molecular weight excluding hydrogens is 749 g/mol. The van der Waals surface area contributed by atoms with Crippen LogP contribution in [-0.4, -0.2) is 0 Å². The zero-order valence-corrected chi connectivity index (χ0v) is 36.7. The molecule has 0 fully saturated rings. The van der Waals surface area contributed by atoms with Crippen LogP contribution in [0.2, 0.25) is 0 Å². The van der Waals surface area contributed by atoms with Crippen LogP contribution in [0, 0.1) is 13.8 Å². The van der Waals surface area contributed by atoms with Gasteiger partial charge < -0.3 is 9.80 Å². The summed E-state index contributed by atoms with van der Waals surface area (Å²) in [6, 6.07) is 55.8. The molecule has 302 valence electrons. The van der Waals surface area contributed by atoms with E-state index in [0.29, 0.717) is 0 Å². The summed E-state index contributed by atoms with van der Waals surface area (Å²) in [7, 11) is 0. The van der Waals surface area contributed by atoms with Crippen molar-refractivity contribution < 1.29 is 0 Å². The highest BCUT2D eigenvalue weighted by molar-refractivity contribution is 6.25. The van der Waals surface area contributed by atoms with E-state index >= 15 is 0 Å². The van der Waals surface area contributed by atoms with Crippen molar-refractivity contribution in [1.82, 2.24) is 0 Å². The molecule has 0 saturated carbocycles. The maximum Gasteiger partial charge on any atom is 0.0620 e. The van der Waals surface area contributed by atoms with E-state index in [-0.39, 0.29) is 10.8 Å². The fraction of sp³-hybridized carbons (Fsp3) is 0.200. The fourth-order valence-corrected chi connectivity index (χ4v) is 11.8. The molecule has 0 aromatic heterocycles. The lowest BCUT2D eigenvalue weighted by atomic mass is 9.80. The van der Waals surface area contributed by atoms with Gasteiger partial charge in [0, 0.05) is 55.1 Å². The van der Waals surface area contributed by atoms with Gasteiger partial charge in [0.05, 0.1) is 11.4 Å². The molecule has 0 bridgehead atoms. The van der Waals surface area contributed by atoms with Crippen LogP contribution in [0.1, 0.15) is 85.9 Å². The van der Waals surface area contributed by atoms with E-state index in [1.165, 1.54) is 117 Å². The van der Waals surface area contributed by atoms with Crippen LogP contribution < -0.4 is 9.80 Å². The van der Waals surface area contributed by atoms with Gasteiger partial charge in [-0.2, -0.15) is 0 Å². The van der Waals surface area contributed by atoms with E-state index < -0.39 is 0 Å². The van der Waals surface area contributed by atoms with Gasteiger partial charge in [0.2, 0.25) is 0 Å². The smallest absolute Gasteiger partial charge is 0.0620 e. The normalized spacial score (nSPS) is 16.4. The summed E-state index contributed by atoms with van der Waals surface area (Å²) < 4.78 is 0. The molecule has 4 aliphatic rings.